The first-order valence-corrected chi connectivity index (χ1v) is 8.89. The van der Waals surface area contributed by atoms with Gasteiger partial charge in [0.05, 0.1) is 11.6 Å². The molecule has 2 atom stereocenters. The van der Waals surface area contributed by atoms with Crippen LogP contribution in [0.15, 0.2) is 18.5 Å². The van der Waals surface area contributed by atoms with Gasteiger partial charge in [0.1, 0.15) is 17.7 Å². The molecule has 1 N–H and O–H groups in total. The molecule has 26 heavy (non-hydrogen) atoms. The number of pyridine rings is 1. The normalized spacial score (nSPS) is 22.7. The molecule has 2 aromatic heterocycles. The van der Waals surface area contributed by atoms with Crippen LogP contribution in [0, 0.1) is 0 Å². The van der Waals surface area contributed by atoms with Crippen LogP contribution in [0.1, 0.15) is 33.6 Å². The second-order valence-corrected chi connectivity index (χ2v) is 7.90. The molecule has 0 radical (unpaired) electrons. The Bertz CT molecular complexity index is 850. The molecule has 0 saturated carbocycles. The molecule has 3 saturated heterocycles. The first-order chi connectivity index (χ1) is 12.3. The molecular formula is C18H23N5O3. The largest absolute Gasteiger partial charge is 0.492 e. The summed E-state index contributed by atoms with van der Waals surface area (Å²) in [6, 6.07) is 4.04. The fourth-order valence-corrected chi connectivity index (χ4v) is 3.73. The average molecular weight is 357 g/mol. The summed E-state index contributed by atoms with van der Waals surface area (Å²) >= 11 is 0. The van der Waals surface area contributed by atoms with Gasteiger partial charge in [-0.2, -0.15) is 0 Å². The molecule has 8 heteroatoms. The highest BCUT2D eigenvalue weighted by atomic mass is 16.6. The van der Waals surface area contributed by atoms with E-state index >= 15 is 0 Å². The van der Waals surface area contributed by atoms with Crippen molar-refractivity contribution in [2.75, 3.05) is 18.0 Å². The zero-order valence-corrected chi connectivity index (χ0v) is 15.2. The molecule has 2 aromatic rings. The van der Waals surface area contributed by atoms with Crippen LogP contribution in [0.3, 0.4) is 0 Å². The van der Waals surface area contributed by atoms with E-state index in [0.717, 1.165) is 18.7 Å². The number of carbonyl (C=O) groups is 1. The van der Waals surface area contributed by atoms with E-state index in [1.54, 1.807) is 0 Å². The molecule has 0 spiro atoms. The molecule has 3 aliphatic heterocycles. The Kier molecular flexibility index (Phi) is 3.86. The van der Waals surface area contributed by atoms with Crippen molar-refractivity contribution in [3.8, 4) is 5.88 Å². The molecule has 1 amide bonds. The number of anilines is 1. The molecule has 3 aliphatic rings. The molecule has 5 heterocycles. The minimum absolute atomic E-state index is 0.105. The Balaban J connectivity index is 1.56. The van der Waals surface area contributed by atoms with Gasteiger partial charge in [0.25, 0.3) is 0 Å². The Labute approximate surface area is 151 Å². The van der Waals surface area contributed by atoms with Gasteiger partial charge < -0.3 is 19.6 Å². The summed E-state index contributed by atoms with van der Waals surface area (Å²) in [5.41, 5.74) is 0.513. The van der Waals surface area contributed by atoms with Crippen LogP contribution in [-0.2, 0) is 4.74 Å². The van der Waals surface area contributed by atoms with Crippen LogP contribution in [0.25, 0.3) is 11.0 Å². The van der Waals surface area contributed by atoms with Gasteiger partial charge in [-0.3, -0.25) is 0 Å². The highest BCUT2D eigenvalue weighted by molar-refractivity contribution is 5.80. The van der Waals surface area contributed by atoms with Crippen LogP contribution < -0.4 is 4.90 Å². The van der Waals surface area contributed by atoms with Crippen LogP contribution in [-0.4, -0.2) is 61.8 Å². The highest BCUT2D eigenvalue weighted by Crippen LogP contribution is 2.34. The lowest BCUT2D eigenvalue weighted by atomic mass is 9.91. The lowest BCUT2D eigenvalue weighted by Crippen LogP contribution is -2.64. The third-order valence-corrected chi connectivity index (χ3v) is 4.90. The average Bonchev–Trinajstić information content (AvgIpc) is 2.60. The minimum Gasteiger partial charge on any atom is -0.492 e. The molecule has 0 aliphatic carbocycles. The fourth-order valence-electron chi connectivity index (χ4n) is 3.73. The molecule has 3 fully saturated rings. The number of rotatable bonds is 1. The molecule has 2 bridgehead atoms. The van der Waals surface area contributed by atoms with Crippen LogP contribution >= 0.6 is 0 Å². The van der Waals surface area contributed by atoms with Crippen LogP contribution in [0.2, 0.25) is 0 Å². The van der Waals surface area contributed by atoms with Gasteiger partial charge in [-0.05, 0) is 45.7 Å². The van der Waals surface area contributed by atoms with E-state index in [9.17, 15) is 9.90 Å². The molecule has 5 rings (SSSR count). The second kappa shape index (κ2) is 5.96. The summed E-state index contributed by atoms with van der Waals surface area (Å²) in [6.07, 6.45) is 3.04. The number of aromatic nitrogens is 3. The number of aromatic hydroxyl groups is 1. The monoisotopic (exact) mass is 357 g/mol. The predicted octanol–water partition coefficient (Wildman–Crippen LogP) is 2.32. The van der Waals surface area contributed by atoms with Gasteiger partial charge in [0.15, 0.2) is 5.52 Å². The Morgan fingerprint density at radius 2 is 1.96 bits per heavy atom. The van der Waals surface area contributed by atoms with Crippen LogP contribution in [0.4, 0.5) is 10.6 Å². The maximum Gasteiger partial charge on any atom is 0.410 e. The van der Waals surface area contributed by atoms with Gasteiger partial charge in [-0.15, -0.1) is 0 Å². The smallest absolute Gasteiger partial charge is 0.410 e. The zero-order chi connectivity index (χ0) is 18.5. The minimum atomic E-state index is -0.495. The predicted molar refractivity (Wildman–Crippen MR) is 96.1 cm³/mol. The summed E-state index contributed by atoms with van der Waals surface area (Å²) in [6.45, 7) is 6.97. The molecule has 8 nitrogen and oxygen atoms in total. The van der Waals surface area contributed by atoms with Gasteiger partial charge in [0.2, 0.25) is 5.88 Å². The van der Waals surface area contributed by atoms with Crippen molar-refractivity contribution >= 4 is 22.9 Å². The van der Waals surface area contributed by atoms with Crippen LogP contribution in [0.5, 0.6) is 5.88 Å². The zero-order valence-electron chi connectivity index (χ0n) is 15.2. The number of hydrogen-bond donors (Lipinski definition) is 1. The maximum atomic E-state index is 12.5. The van der Waals surface area contributed by atoms with Crippen molar-refractivity contribution in [2.24, 2.45) is 0 Å². The maximum absolute atomic E-state index is 12.5. The molecular weight excluding hydrogens is 334 g/mol. The SMILES string of the molecule is CC(C)(C)OC(=O)N1CC2CC[C@H]1CN2c1ccc2ncnc(O)c2n1. The Morgan fingerprint density at radius 1 is 1.19 bits per heavy atom. The third-order valence-electron chi connectivity index (χ3n) is 4.90. The Morgan fingerprint density at radius 3 is 2.65 bits per heavy atom. The van der Waals surface area contributed by atoms with Crippen molar-refractivity contribution in [1.29, 1.82) is 0 Å². The van der Waals surface area contributed by atoms with E-state index in [4.69, 9.17) is 4.74 Å². The quantitative estimate of drug-likeness (QED) is 0.837. The van der Waals surface area contributed by atoms with E-state index in [1.807, 2.05) is 37.8 Å². The summed E-state index contributed by atoms with van der Waals surface area (Å²) < 4.78 is 5.55. The Hall–Kier alpha value is -2.64. The second-order valence-electron chi connectivity index (χ2n) is 7.90. The third kappa shape index (κ3) is 3.00. The molecule has 0 aromatic carbocycles. The van der Waals surface area contributed by atoms with Gasteiger partial charge in [-0.25, -0.2) is 19.7 Å². The summed E-state index contributed by atoms with van der Waals surface area (Å²) in [7, 11) is 0. The topological polar surface area (TPSA) is 91.7 Å². The lowest BCUT2D eigenvalue weighted by molar-refractivity contribution is 0.000793. The van der Waals surface area contributed by atoms with Gasteiger partial charge in [-0.1, -0.05) is 0 Å². The number of ether oxygens (including phenoxy) is 1. The van der Waals surface area contributed by atoms with E-state index in [1.165, 1.54) is 6.33 Å². The highest BCUT2D eigenvalue weighted by Gasteiger charge is 2.43. The lowest BCUT2D eigenvalue weighted by Gasteiger charge is -2.51. The van der Waals surface area contributed by atoms with Gasteiger partial charge >= 0.3 is 6.09 Å². The molecule has 1 unspecified atom stereocenters. The van der Waals surface area contributed by atoms with E-state index < -0.39 is 5.60 Å². The van der Waals surface area contributed by atoms with Crippen molar-refractivity contribution in [3.05, 3.63) is 18.5 Å². The number of hydrogen-bond acceptors (Lipinski definition) is 7. The van der Waals surface area contributed by atoms with E-state index in [-0.39, 0.29) is 24.1 Å². The number of nitrogens with zero attached hydrogens (tertiary/aromatic N) is 5. The van der Waals surface area contributed by atoms with E-state index in [2.05, 4.69) is 19.9 Å². The summed E-state index contributed by atoms with van der Waals surface area (Å²) in [5, 5.41) is 9.95. The van der Waals surface area contributed by atoms with Crippen molar-refractivity contribution in [2.45, 2.75) is 51.3 Å². The first-order valence-electron chi connectivity index (χ1n) is 8.89. The first kappa shape index (κ1) is 16.8. The van der Waals surface area contributed by atoms with Crippen molar-refractivity contribution in [3.63, 3.8) is 0 Å². The van der Waals surface area contributed by atoms with E-state index in [0.29, 0.717) is 24.1 Å². The van der Waals surface area contributed by atoms with Gasteiger partial charge in [0, 0.05) is 19.1 Å². The standard InChI is InChI=1S/C18H23N5O3/c1-18(2,3)26-17(25)23-9-11-4-5-12(23)8-22(11)14-7-6-13-15(21-14)16(24)20-10-19-13/h6-7,10-12H,4-5,8-9H2,1-3H3,(H,19,20,24)/t11?,12-/m0/s1. The summed E-state index contributed by atoms with van der Waals surface area (Å²) in [4.78, 5) is 29.0. The number of amides is 1. The summed E-state index contributed by atoms with van der Waals surface area (Å²) in [5.74, 6) is 0.663. The number of fused-ring (bicyclic) bond motifs is 4. The number of piperidine rings is 2. The number of piperazine rings is 1. The molecule has 138 valence electrons. The number of carbonyl (C=O) groups excluding carboxylic acids is 1. The van der Waals surface area contributed by atoms with Crippen molar-refractivity contribution in [1.82, 2.24) is 19.9 Å². The fraction of sp³-hybridized carbons (Fsp3) is 0.556. The van der Waals surface area contributed by atoms with Crippen molar-refractivity contribution < 1.29 is 14.6 Å².